The molecule has 3 aromatic carbocycles. The SMILES string of the molecule is CC(C)CCOc1ccc(/C=N/N=C(/C(=O)c2ccccc2)c2ccccc2)cc1. The summed E-state index contributed by atoms with van der Waals surface area (Å²) in [6.45, 7) is 5.06. The minimum absolute atomic E-state index is 0.159. The van der Waals surface area contributed by atoms with E-state index in [0.29, 0.717) is 23.8 Å². The molecule has 0 fully saturated rings. The van der Waals surface area contributed by atoms with E-state index in [0.717, 1.165) is 23.3 Å². The zero-order valence-electron chi connectivity index (χ0n) is 17.4. The van der Waals surface area contributed by atoms with Crippen molar-refractivity contribution in [2.24, 2.45) is 16.1 Å². The Morgan fingerprint density at radius 2 is 1.47 bits per heavy atom. The number of ether oxygens (including phenoxy) is 1. The van der Waals surface area contributed by atoms with Crippen LogP contribution in [0.4, 0.5) is 0 Å². The third-order valence-corrected chi connectivity index (χ3v) is 4.51. The molecular formula is C26H26N2O2. The molecule has 0 spiro atoms. The van der Waals surface area contributed by atoms with Crippen LogP contribution in [0, 0.1) is 5.92 Å². The number of ketones is 1. The summed E-state index contributed by atoms with van der Waals surface area (Å²) in [4.78, 5) is 13.0. The smallest absolute Gasteiger partial charge is 0.213 e. The summed E-state index contributed by atoms with van der Waals surface area (Å²) in [5.74, 6) is 1.29. The molecule has 0 aromatic heterocycles. The quantitative estimate of drug-likeness (QED) is 0.259. The summed E-state index contributed by atoms with van der Waals surface area (Å²) in [6, 6.07) is 26.2. The summed E-state index contributed by atoms with van der Waals surface area (Å²) < 4.78 is 5.74. The second-order valence-electron chi connectivity index (χ2n) is 7.35. The van der Waals surface area contributed by atoms with Crippen LogP contribution in [0.3, 0.4) is 0 Å². The summed E-state index contributed by atoms with van der Waals surface area (Å²) in [5.41, 5.74) is 2.51. The van der Waals surface area contributed by atoms with E-state index in [2.05, 4.69) is 24.1 Å². The van der Waals surface area contributed by atoms with Crippen molar-refractivity contribution < 1.29 is 9.53 Å². The Morgan fingerprint density at radius 3 is 2.07 bits per heavy atom. The van der Waals surface area contributed by atoms with Crippen LogP contribution in [0.15, 0.2) is 95.1 Å². The molecule has 0 aliphatic carbocycles. The number of carbonyl (C=O) groups excluding carboxylic acids is 1. The molecule has 0 amide bonds. The standard InChI is InChI=1S/C26H26N2O2/c1-20(2)17-18-30-24-15-13-21(14-16-24)19-27-28-25(22-9-5-3-6-10-22)26(29)23-11-7-4-8-12-23/h3-16,19-20H,17-18H2,1-2H3/b27-19+,28-25+. The fourth-order valence-electron chi connectivity index (χ4n) is 2.77. The summed E-state index contributed by atoms with van der Waals surface area (Å²) >= 11 is 0. The van der Waals surface area contributed by atoms with Crippen molar-refractivity contribution in [3.05, 3.63) is 102 Å². The summed E-state index contributed by atoms with van der Waals surface area (Å²) in [7, 11) is 0. The average molecular weight is 399 g/mol. The van der Waals surface area contributed by atoms with Gasteiger partial charge in [0.2, 0.25) is 5.78 Å². The van der Waals surface area contributed by atoms with Gasteiger partial charge in [0, 0.05) is 11.1 Å². The molecule has 0 aliphatic heterocycles. The molecule has 0 heterocycles. The van der Waals surface area contributed by atoms with Crippen molar-refractivity contribution in [2.75, 3.05) is 6.61 Å². The molecule has 30 heavy (non-hydrogen) atoms. The lowest BCUT2D eigenvalue weighted by molar-refractivity contribution is 0.106. The third-order valence-electron chi connectivity index (χ3n) is 4.51. The van der Waals surface area contributed by atoms with Crippen LogP contribution in [0.5, 0.6) is 5.75 Å². The molecule has 0 atom stereocenters. The van der Waals surface area contributed by atoms with Crippen molar-refractivity contribution >= 4 is 17.7 Å². The number of benzene rings is 3. The first-order valence-corrected chi connectivity index (χ1v) is 10.1. The van der Waals surface area contributed by atoms with Gasteiger partial charge in [0.05, 0.1) is 12.8 Å². The number of Topliss-reactive ketones (excluding diaryl/α,β-unsaturated/α-hetero) is 1. The van der Waals surface area contributed by atoms with Crippen LogP contribution in [0.2, 0.25) is 0 Å². The van der Waals surface area contributed by atoms with Gasteiger partial charge in [-0.1, -0.05) is 74.5 Å². The molecule has 0 N–H and O–H groups in total. The maximum Gasteiger partial charge on any atom is 0.213 e. The monoisotopic (exact) mass is 398 g/mol. The lowest BCUT2D eigenvalue weighted by Gasteiger charge is -2.07. The van der Waals surface area contributed by atoms with Crippen molar-refractivity contribution in [1.29, 1.82) is 0 Å². The number of hydrogen-bond acceptors (Lipinski definition) is 4. The summed E-state index contributed by atoms with van der Waals surface area (Å²) in [5, 5.41) is 8.44. The third kappa shape index (κ3) is 6.24. The van der Waals surface area contributed by atoms with E-state index >= 15 is 0 Å². The topological polar surface area (TPSA) is 51.0 Å². The second kappa shape index (κ2) is 10.9. The number of carbonyl (C=O) groups is 1. The number of hydrogen-bond donors (Lipinski definition) is 0. The van der Waals surface area contributed by atoms with Crippen LogP contribution in [0.1, 0.15) is 41.8 Å². The first-order valence-electron chi connectivity index (χ1n) is 10.1. The first-order chi connectivity index (χ1) is 14.6. The largest absolute Gasteiger partial charge is 0.494 e. The molecule has 0 aliphatic rings. The average Bonchev–Trinajstić information content (AvgIpc) is 2.78. The lowest BCUT2D eigenvalue weighted by Crippen LogP contribution is -2.15. The number of rotatable bonds is 9. The van der Waals surface area contributed by atoms with Crippen molar-refractivity contribution in [2.45, 2.75) is 20.3 Å². The minimum Gasteiger partial charge on any atom is -0.494 e. The molecule has 3 aromatic rings. The minimum atomic E-state index is -0.159. The highest BCUT2D eigenvalue weighted by atomic mass is 16.5. The zero-order chi connectivity index (χ0) is 21.2. The van der Waals surface area contributed by atoms with E-state index in [4.69, 9.17) is 4.74 Å². The Balaban J connectivity index is 1.75. The Kier molecular flexibility index (Phi) is 7.67. The second-order valence-corrected chi connectivity index (χ2v) is 7.35. The van der Waals surface area contributed by atoms with Crippen LogP contribution in [-0.4, -0.2) is 24.3 Å². The van der Waals surface area contributed by atoms with Gasteiger partial charge >= 0.3 is 0 Å². The first kappa shape index (κ1) is 21.2. The van der Waals surface area contributed by atoms with Crippen molar-refractivity contribution in [3.8, 4) is 5.75 Å². The van der Waals surface area contributed by atoms with E-state index in [1.54, 1.807) is 18.3 Å². The normalized spacial score (nSPS) is 11.8. The van der Waals surface area contributed by atoms with Crippen molar-refractivity contribution in [3.63, 3.8) is 0 Å². The summed E-state index contributed by atoms with van der Waals surface area (Å²) in [6.07, 6.45) is 2.66. The molecule has 4 heteroatoms. The zero-order valence-corrected chi connectivity index (χ0v) is 17.4. The van der Waals surface area contributed by atoms with E-state index in [1.807, 2.05) is 72.8 Å². The van der Waals surface area contributed by atoms with Gasteiger partial charge in [-0.3, -0.25) is 4.79 Å². The van der Waals surface area contributed by atoms with Gasteiger partial charge in [0.1, 0.15) is 11.5 Å². The van der Waals surface area contributed by atoms with Gasteiger partial charge in [0.15, 0.2) is 0 Å². The van der Waals surface area contributed by atoms with Crippen LogP contribution in [0.25, 0.3) is 0 Å². The highest BCUT2D eigenvalue weighted by Gasteiger charge is 2.15. The van der Waals surface area contributed by atoms with Gasteiger partial charge in [0.25, 0.3) is 0 Å². The predicted molar refractivity (Wildman–Crippen MR) is 123 cm³/mol. The van der Waals surface area contributed by atoms with E-state index < -0.39 is 0 Å². The maximum atomic E-state index is 13.0. The highest BCUT2D eigenvalue weighted by molar-refractivity contribution is 6.51. The fourth-order valence-corrected chi connectivity index (χ4v) is 2.77. The van der Waals surface area contributed by atoms with Gasteiger partial charge in [-0.2, -0.15) is 5.10 Å². The molecule has 0 bridgehead atoms. The van der Waals surface area contributed by atoms with E-state index in [9.17, 15) is 4.79 Å². The van der Waals surface area contributed by atoms with Gasteiger partial charge in [-0.15, -0.1) is 5.10 Å². The highest BCUT2D eigenvalue weighted by Crippen LogP contribution is 2.13. The fraction of sp³-hybridized carbons (Fsp3) is 0.192. The molecule has 0 unspecified atom stereocenters. The van der Waals surface area contributed by atoms with Crippen LogP contribution >= 0.6 is 0 Å². The Bertz CT molecular complexity index is 992. The molecular weight excluding hydrogens is 372 g/mol. The number of nitrogens with zero attached hydrogens (tertiary/aromatic N) is 2. The predicted octanol–water partition coefficient (Wildman–Crippen LogP) is 5.82. The van der Waals surface area contributed by atoms with Crippen LogP contribution in [-0.2, 0) is 0 Å². The molecule has 0 radical (unpaired) electrons. The van der Waals surface area contributed by atoms with Gasteiger partial charge < -0.3 is 4.74 Å². The Morgan fingerprint density at radius 1 is 0.867 bits per heavy atom. The molecule has 0 saturated carbocycles. The molecule has 3 rings (SSSR count). The molecule has 152 valence electrons. The Hall–Kier alpha value is -3.53. The van der Waals surface area contributed by atoms with Crippen LogP contribution < -0.4 is 4.74 Å². The lowest BCUT2D eigenvalue weighted by atomic mass is 10.0. The molecule has 0 saturated heterocycles. The Labute approximate surface area is 178 Å². The molecule has 4 nitrogen and oxygen atoms in total. The van der Waals surface area contributed by atoms with E-state index in [1.165, 1.54) is 0 Å². The maximum absolute atomic E-state index is 13.0. The van der Waals surface area contributed by atoms with E-state index in [-0.39, 0.29) is 5.78 Å². The van der Waals surface area contributed by atoms with Gasteiger partial charge in [-0.25, -0.2) is 0 Å². The van der Waals surface area contributed by atoms with Crippen molar-refractivity contribution in [1.82, 2.24) is 0 Å². The van der Waals surface area contributed by atoms with Gasteiger partial charge in [-0.05, 0) is 42.2 Å².